The highest BCUT2D eigenvalue weighted by molar-refractivity contribution is 9.10. The number of amides is 1. The molecule has 0 radical (unpaired) electrons. The van der Waals surface area contributed by atoms with Gasteiger partial charge in [-0.1, -0.05) is 12.1 Å². The molecule has 5 nitrogen and oxygen atoms in total. The average Bonchev–Trinajstić information content (AvgIpc) is 2.49. The first-order chi connectivity index (χ1) is 10.9. The number of hydrazone groups is 1. The van der Waals surface area contributed by atoms with E-state index in [-0.39, 0.29) is 0 Å². The molecule has 0 atom stereocenters. The van der Waals surface area contributed by atoms with Crippen molar-refractivity contribution in [3.63, 3.8) is 0 Å². The molecule has 2 aromatic rings. The molecule has 0 bridgehead atoms. The Balaban J connectivity index is 2.17. The number of nitrogens with zero attached hydrogens (tertiary/aromatic N) is 1. The fourth-order valence-corrected chi connectivity index (χ4v) is 2.16. The summed E-state index contributed by atoms with van der Waals surface area (Å²) >= 11 is 3.19. The molecule has 0 aliphatic carbocycles. The summed E-state index contributed by atoms with van der Waals surface area (Å²) in [6, 6.07) is 7.90. The van der Waals surface area contributed by atoms with Crippen molar-refractivity contribution in [3.05, 3.63) is 69.2 Å². The minimum absolute atomic E-state index is 0.298. The third-order valence-corrected chi connectivity index (χ3v) is 3.50. The molecule has 0 unspecified atom stereocenters. The highest BCUT2D eigenvalue weighted by Gasteiger charge is 2.13. The van der Waals surface area contributed by atoms with Crippen molar-refractivity contribution >= 4 is 34.0 Å². The summed E-state index contributed by atoms with van der Waals surface area (Å²) in [5, 5.41) is 12.2. The van der Waals surface area contributed by atoms with Gasteiger partial charge in [0.05, 0.1) is 22.9 Å². The summed E-state index contributed by atoms with van der Waals surface area (Å²) in [6.45, 7) is 0. The maximum Gasteiger partial charge on any atom is 0.335 e. The van der Waals surface area contributed by atoms with Gasteiger partial charge in [-0.05, 0) is 40.2 Å². The summed E-state index contributed by atoms with van der Waals surface area (Å²) in [7, 11) is 0. The normalized spacial score (nSPS) is 10.7. The first-order valence-electron chi connectivity index (χ1n) is 6.20. The summed E-state index contributed by atoms with van der Waals surface area (Å²) < 4.78 is 27.9. The second-order valence-corrected chi connectivity index (χ2v) is 5.19. The smallest absolute Gasteiger partial charge is 0.335 e. The fraction of sp³-hybridized carbons (Fsp3) is 0. The van der Waals surface area contributed by atoms with Gasteiger partial charge in [0.25, 0.3) is 5.91 Å². The number of hydrogen-bond acceptors (Lipinski definition) is 3. The second kappa shape index (κ2) is 7.10. The van der Waals surface area contributed by atoms with Crippen molar-refractivity contribution in [2.24, 2.45) is 5.10 Å². The van der Waals surface area contributed by atoms with E-state index in [2.05, 4.69) is 26.5 Å². The zero-order valence-electron chi connectivity index (χ0n) is 11.4. The molecular formula is C15H9BrF2N2O3. The van der Waals surface area contributed by atoms with Crippen LogP contribution in [0.4, 0.5) is 8.78 Å². The number of nitrogens with one attached hydrogen (secondary N) is 1. The molecule has 2 rings (SSSR count). The van der Waals surface area contributed by atoms with Crippen LogP contribution < -0.4 is 5.43 Å². The summed E-state index contributed by atoms with van der Waals surface area (Å²) in [4.78, 5) is 22.5. The molecule has 1 amide bonds. The van der Waals surface area contributed by atoms with E-state index >= 15 is 0 Å². The van der Waals surface area contributed by atoms with E-state index in [1.54, 1.807) is 18.2 Å². The van der Waals surface area contributed by atoms with Crippen LogP contribution in [-0.4, -0.2) is 23.2 Å². The number of carbonyl (C=O) groups excluding carboxylic acids is 1. The van der Waals surface area contributed by atoms with Crippen LogP contribution in [0.25, 0.3) is 0 Å². The monoisotopic (exact) mass is 382 g/mol. The minimum atomic E-state index is -1.45. The van der Waals surface area contributed by atoms with Gasteiger partial charge in [-0.25, -0.2) is 19.0 Å². The number of aromatic carboxylic acids is 1. The van der Waals surface area contributed by atoms with Gasteiger partial charge in [0.2, 0.25) is 0 Å². The lowest BCUT2D eigenvalue weighted by Crippen LogP contribution is -2.18. The maximum atomic E-state index is 13.7. The Morgan fingerprint density at radius 2 is 1.78 bits per heavy atom. The third kappa shape index (κ3) is 3.98. The Hall–Kier alpha value is -2.61. The van der Waals surface area contributed by atoms with Crippen molar-refractivity contribution in [3.8, 4) is 0 Å². The molecule has 118 valence electrons. The molecule has 23 heavy (non-hydrogen) atoms. The summed E-state index contributed by atoms with van der Waals surface area (Å²) in [5.74, 6) is -4.22. The number of hydrogen-bond donors (Lipinski definition) is 2. The van der Waals surface area contributed by atoms with E-state index < -0.39 is 34.6 Å². The average molecular weight is 383 g/mol. The Kier molecular flexibility index (Phi) is 5.17. The van der Waals surface area contributed by atoms with Crippen LogP contribution in [0.2, 0.25) is 0 Å². The van der Waals surface area contributed by atoms with Gasteiger partial charge >= 0.3 is 5.97 Å². The maximum absolute atomic E-state index is 13.7. The zero-order valence-corrected chi connectivity index (χ0v) is 13.0. The molecule has 0 aliphatic rings. The van der Waals surface area contributed by atoms with Gasteiger partial charge in [-0.3, -0.25) is 4.79 Å². The van der Waals surface area contributed by atoms with E-state index in [0.717, 1.165) is 6.21 Å². The molecule has 0 heterocycles. The van der Waals surface area contributed by atoms with Crippen molar-refractivity contribution in [1.29, 1.82) is 0 Å². The molecule has 8 heteroatoms. The molecule has 0 saturated heterocycles. The van der Waals surface area contributed by atoms with Crippen LogP contribution in [-0.2, 0) is 0 Å². The number of carboxylic acids is 1. The van der Waals surface area contributed by atoms with E-state index in [4.69, 9.17) is 5.11 Å². The van der Waals surface area contributed by atoms with Crippen LogP contribution in [0.3, 0.4) is 0 Å². The molecule has 0 aliphatic heterocycles. The second-order valence-electron chi connectivity index (χ2n) is 4.34. The standard InChI is InChI=1S/C15H9BrF2N2O3/c16-11-4-2-1-3-9(11)14(21)20-19-7-10-12(17)5-8(15(22)23)6-13(10)18/h1-7H,(H,20,21)(H,22,23). The van der Waals surface area contributed by atoms with Gasteiger partial charge in [0.15, 0.2) is 0 Å². The predicted octanol–water partition coefficient (Wildman–Crippen LogP) is 3.19. The van der Waals surface area contributed by atoms with Crippen LogP contribution in [0.5, 0.6) is 0 Å². The van der Waals surface area contributed by atoms with Crippen LogP contribution >= 0.6 is 15.9 Å². The van der Waals surface area contributed by atoms with Crippen molar-refractivity contribution < 1.29 is 23.5 Å². The van der Waals surface area contributed by atoms with Crippen LogP contribution in [0.15, 0.2) is 46.0 Å². The van der Waals surface area contributed by atoms with Gasteiger partial charge in [-0.15, -0.1) is 0 Å². The Morgan fingerprint density at radius 1 is 1.17 bits per heavy atom. The van der Waals surface area contributed by atoms with E-state index in [9.17, 15) is 18.4 Å². The molecule has 0 saturated carbocycles. The molecule has 0 spiro atoms. The quantitative estimate of drug-likeness (QED) is 0.629. The fourth-order valence-electron chi connectivity index (χ4n) is 1.69. The van der Waals surface area contributed by atoms with Crippen molar-refractivity contribution in [1.82, 2.24) is 5.43 Å². The first kappa shape index (κ1) is 16.8. The number of carbonyl (C=O) groups is 2. The Bertz CT molecular complexity index is 786. The lowest BCUT2D eigenvalue weighted by Gasteiger charge is -2.03. The third-order valence-electron chi connectivity index (χ3n) is 2.80. The molecule has 2 N–H and O–H groups in total. The highest BCUT2D eigenvalue weighted by Crippen LogP contribution is 2.16. The largest absolute Gasteiger partial charge is 0.478 e. The summed E-state index contributed by atoms with van der Waals surface area (Å²) in [6.07, 6.45) is 0.769. The van der Waals surface area contributed by atoms with Crippen LogP contribution in [0, 0.1) is 11.6 Å². The number of rotatable bonds is 4. The summed E-state index contributed by atoms with van der Waals surface area (Å²) in [5.41, 5.74) is 1.36. The van der Waals surface area contributed by atoms with Gasteiger partial charge in [-0.2, -0.15) is 5.10 Å². The molecular weight excluding hydrogens is 374 g/mol. The topological polar surface area (TPSA) is 78.8 Å². The number of carboxylic acid groups (broad SMARTS) is 1. The van der Waals surface area contributed by atoms with Gasteiger partial charge in [0.1, 0.15) is 11.6 Å². The lowest BCUT2D eigenvalue weighted by molar-refractivity contribution is 0.0695. The molecule has 2 aromatic carbocycles. The Morgan fingerprint density at radius 3 is 2.35 bits per heavy atom. The van der Waals surface area contributed by atoms with Gasteiger partial charge in [0, 0.05) is 4.47 Å². The number of benzene rings is 2. The first-order valence-corrected chi connectivity index (χ1v) is 6.99. The Labute approximate surface area is 137 Å². The van der Waals surface area contributed by atoms with E-state index in [1.807, 2.05) is 0 Å². The van der Waals surface area contributed by atoms with Crippen molar-refractivity contribution in [2.45, 2.75) is 0 Å². The van der Waals surface area contributed by atoms with Crippen LogP contribution in [0.1, 0.15) is 26.3 Å². The van der Waals surface area contributed by atoms with E-state index in [0.29, 0.717) is 22.2 Å². The molecule has 0 fully saturated rings. The van der Waals surface area contributed by atoms with Gasteiger partial charge < -0.3 is 5.11 Å². The SMILES string of the molecule is O=C(O)c1cc(F)c(C=NNC(=O)c2ccccc2Br)c(F)c1. The van der Waals surface area contributed by atoms with E-state index in [1.165, 1.54) is 6.07 Å². The van der Waals surface area contributed by atoms with Crippen molar-refractivity contribution in [2.75, 3.05) is 0 Å². The number of halogens is 3. The predicted molar refractivity (Wildman–Crippen MR) is 82.5 cm³/mol. The lowest BCUT2D eigenvalue weighted by atomic mass is 10.1. The highest BCUT2D eigenvalue weighted by atomic mass is 79.9. The molecule has 0 aromatic heterocycles. The minimum Gasteiger partial charge on any atom is -0.478 e. The zero-order chi connectivity index (χ0) is 17.0.